The third kappa shape index (κ3) is 4.06. The number of pyridine rings is 1. The Labute approximate surface area is 163 Å². The average molecular weight is 379 g/mol. The van der Waals surface area contributed by atoms with Gasteiger partial charge in [0.2, 0.25) is 11.5 Å². The molecule has 0 saturated heterocycles. The molecule has 0 bridgehead atoms. The Morgan fingerprint density at radius 3 is 2.57 bits per heavy atom. The highest BCUT2D eigenvalue weighted by Crippen LogP contribution is 2.26. The van der Waals surface area contributed by atoms with E-state index in [2.05, 4.69) is 5.32 Å². The molecule has 0 spiro atoms. The van der Waals surface area contributed by atoms with E-state index in [1.165, 1.54) is 6.07 Å². The molecule has 6 heteroatoms. The number of ketones is 1. The molecule has 3 aromatic rings. The van der Waals surface area contributed by atoms with Gasteiger partial charge in [0.05, 0.1) is 0 Å². The fraction of sp³-hybridized carbons (Fsp3) is 0.318. The molecule has 2 heterocycles. The summed E-state index contributed by atoms with van der Waals surface area (Å²) in [7, 11) is 0. The largest absolute Gasteiger partial charge is 0.354 e. The molecular weight excluding hydrogens is 354 g/mol. The van der Waals surface area contributed by atoms with E-state index in [-0.39, 0.29) is 17.2 Å². The number of Topliss-reactive ketones (excluding diaryl/α,β-unsaturated/α-hetero) is 1. The Kier molecular flexibility index (Phi) is 6.09. The quantitative estimate of drug-likeness (QED) is 0.483. The lowest BCUT2D eigenvalue weighted by atomic mass is 10.1. The summed E-state index contributed by atoms with van der Waals surface area (Å²) < 4.78 is 3.52. The highest BCUT2D eigenvalue weighted by Gasteiger charge is 2.22. The normalized spacial score (nSPS) is 12.1. The molecule has 146 valence electrons. The number of benzene rings is 1. The lowest BCUT2D eigenvalue weighted by Gasteiger charge is -2.18. The number of hydrogen-bond donors (Lipinski definition) is 1. The second-order valence-corrected chi connectivity index (χ2v) is 6.82. The van der Waals surface area contributed by atoms with Gasteiger partial charge in [-0.3, -0.25) is 14.4 Å². The molecule has 1 amide bonds. The Bertz CT molecular complexity index is 1050. The number of hydrogen-bond acceptors (Lipinski definition) is 3. The number of fused-ring (bicyclic) bond motifs is 1. The second kappa shape index (κ2) is 8.69. The van der Waals surface area contributed by atoms with E-state index in [4.69, 9.17) is 0 Å². The Morgan fingerprint density at radius 2 is 1.86 bits per heavy atom. The molecule has 1 atom stereocenters. The van der Waals surface area contributed by atoms with Gasteiger partial charge >= 0.3 is 0 Å². The molecule has 0 aliphatic carbocycles. The van der Waals surface area contributed by atoms with E-state index in [0.29, 0.717) is 31.5 Å². The van der Waals surface area contributed by atoms with Crippen molar-refractivity contribution in [2.45, 2.75) is 39.3 Å². The lowest BCUT2D eigenvalue weighted by molar-refractivity contribution is -0.124. The van der Waals surface area contributed by atoms with Gasteiger partial charge in [0.1, 0.15) is 6.04 Å². The highest BCUT2D eigenvalue weighted by atomic mass is 16.2. The summed E-state index contributed by atoms with van der Waals surface area (Å²) in [5.74, 6) is -0.0997. The molecule has 28 heavy (non-hydrogen) atoms. The van der Waals surface area contributed by atoms with Gasteiger partial charge in [-0.1, -0.05) is 31.2 Å². The number of rotatable bonds is 8. The fourth-order valence-electron chi connectivity index (χ4n) is 3.48. The summed E-state index contributed by atoms with van der Waals surface area (Å²) in [5.41, 5.74) is 1.46. The number of amides is 1. The Morgan fingerprint density at radius 1 is 1.11 bits per heavy atom. The summed E-state index contributed by atoms with van der Waals surface area (Å²) in [6.45, 7) is 4.53. The van der Waals surface area contributed by atoms with E-state index in [1.807, 2.05) is 41.8 Å². The first kappa shape index (κ1) is 19.6. The van der Waals surface area contributed by atoms with E-state index in [1.54, 1.807) is 30.0 Å². The van der Waals surface area contributed by atoms with Crippen LogP contribution in [0.25, 0.3) is 10.9 Å². The van der Waals surface area contributed by atoms with Crippen molar-refractivity contribution in [2.75, 3.05) is 6.54 Å². The van der Waals surface area contributed by atoms with E-state index < -0.39 is 6.04 Å². The van der Waals surface area contributed by atoms with Crippen molar-refractivity contribution in [2.24, 2.45) is 0 Å². The minimum atomic E-state index is -0.391. The van der Waals surface area contributed by atoms with Crippen molar-refractivity contribution in [1.82, 2.24) is 14.5 Å². The summed E-state index contributed by atoms with van der Waals surface area (Å²) in [6.07, 6.45) is 4.80. The van der Waals surface area contributed by atoms with Crippen LogP contribution in [0.4, 0.5) is 0 Å². The van der Waals surface area contributed by atoms with Crippen LogP contribution in [-0.4, -0.2) is 27.4 Å². The number of aryl methyl sites for hydroxylation is 1. The van der Waals surface area contributed by atoms with Crippen LogP contribution >= 0.6 is 0 Å². The molecule has 3 rings (SSSR count). The van der Waals surface area contributed by atoms with Gasteiger partial charge in [-0.25, -0.2) is 0 Å². The SMILES string of the molecule is CCC(C(=O)NCCCn1ccccc1=O)n1cc(C(C)=O)c2ccccc21. The van der Waals surface area contributed by atoms with Gasteiger partial charge < -0.3 is 14.5 Å². The first-order valence-corrected chi connectivity index (χ1v) is 9.56. The molecule has 0 fully saturated rings. The smallest absolute Gasteiger partial charge is 0.250 e. The maximum atomic E-state index is 12.8. The van der Waals surface area contributed by atoms with Crippen molar-refractivity contribution in [3.63, 3.8) is 0 Å². The van der Waals surface area contributed by atoms with Crippen molar-refractivity contribution in [3.8, 4) is 0 Å². The fourth-order valence-corrected chi connectivity index (χ4v) is 3.48. The molecule has 0 radical (unpaired) electrons. The van der Waals surface area contributed by atoms with Gasteiger partial charge in [-0.05, 0) is 31.9 Å². The van der Waals surface area contributed by atoms with Crippen molar-refractivity contribution >= 4 is 22.6 Å². The van der Waals surface area contributed by atoms with Crippen LogP contribution < -0.4 is 10.9 Å². The number of carbonyl (C=O) groups is 2. The highest BCUT2D eigenvalue weighted by molar-refractivity contribution is 6.07. The van der Waals surface area contributed by atoms with Crippen molar-refractivity contribution < 1.29 is 9.59 Å². The van der Waals surface area contributed by atoms with E-state index in [9.17, 15) is 14.4 Å². The predicted molar refractivity (Wildman–Crippen MR) is 110 cm³/mol. The molecule has 6 nitrogen and oxygen atoms in total. The third-order valence-electron chi connectivity index (χ3n) is 4.92. The topological polar surface area (TPSA) is 73.1 Å². The standard InChI is InChI=1S/C22H25N3O3/c1-3-19(22(28)23-12-8-14-24-13-7-6-11-21(24)27)25-15-18(16(2)26)17-9-4-5-10-20(17)25/h4-7,9-11,13,15,19H,3,8,12,14H2,1-2H3,(H,23,28). The van der Waals surface area contributed by atoms with Crippen molar-refractivity contribution in [3.05, 3.63) is 70.8 Å². The van der Waals surface area contributed by atoms with Crippen LogP contribution in [0, 0.1) is 0 Å². The Hall–Kier alpha value is -3.15. The molecule has 0 saturated carbocycles. The van der Waals surface area contributed by atoms with Crippen LogP contribution in [0.15, 0.2) is 59.7 Å². The Balaban J connectivity index is 1.70. The zero-order chi connectivity index (χ0) is 20.1. The zero-order valence-corrected chi connectivity index (χ0v) is 16.2. The number of para-hydroxylation sites is 1. The van der Waals surface area contributed by atoms with Gasteiger partial charge in [0.15, 0.2) is 5.78 Å². The summed E-state index contributed by atoms with van der Waals surface area (Å²) in [5, 5.41) is 3.83. The minimum Gasteiger partial charge on any atom is -0.354 e. The van der Waals surface area contributed by atoms with E-state index >= 15 is 0 Å². The number of aromatic nitrogens is 2. The molecule has 1 unspecified atom stereocenters. The van der Waals surface area contributed by atoms with Gasteiger partial charge in [-0.2, -0.15) is 0 Å². The van der Waals surface area contributed by atoms with Gasteiger partial charge in [0.25, 0.3) is 0 Å². The molecule has 2 aromatic heterocycles. The van der Waals surface area contributed by atoms with Crippen LogP contribution in [0.2, 0.25) is 0 Å². The van der Waals surface area contributed by atoms with Crippen LogP contribution in [0.1, 0.15) is 43.1 Å². The molecule has 0 aliphatic rings. The molecule has 0 aliphatic heterocycles. The monoisotopic (exact) mass is 379 g/mol. The van der Waals surface area contributed by atoms with Crippen molar-refractivity contribution in [1.29, 1.82) is 0 Å². The first-order chi connectivity index (χ1) is 13.5. The van der Waals surface area contributed by atoms with Gasteiger partial charge in [0, 0.05) is 48.0 Å². The van der Waals surface area contributed by atoms with Crippen LogP contribution in [-0.2, 0) is 11.3 Å². The predicted octanol–water partition coefficient (Wildman–Crippen LogP) is 3.16. The van der Waals surface area contributed by atoms with Gasteiger partial charge in [-0.15, -0.1) is 0 Å². The summed E-state index contributed by atoms with van der Waals surface area (Å²) >= 11 is 0. The van der Waals surface area contributed by atoms with Crippen LogP contribution in [0.5, 0.6) is 0 Å². The maximum absolute atomic E-state index is 12.8. The van der Waals surface area contributed by atoms with Crippen LogP contribution in [0.3, 0.4) is 0 Å². The molecular formula is C22H25N3O3. The number of nitrogens with one attached hydrogen (secondary N) is 1. The minimum absolute atomic E-state index is 0.0153. The third-order valence-corrected chi connectivity index (χ3v) is 4.92. The maximum Gasteiger partial charge on any atom is 0.250 e. The first-order valence-electron chi connectivity index (χ1n) is 9.56. The number of nitrogens with zero attached hydrogens (tertiary/aromatic N) is 2. The lowest BCUT2D eigenvalue weighted by Crippen LogP contribution is -2.33. The van der Waals surface area contributed by atoms with E-state index in [0.717, 1.165) is 10.9 Å². The zero-order valence-electron chi connectivity index (χ0n) is 16.2. The average Bonchev–Trinajstić information content (AvgIpc) is 3.07. The number of carbonyl (C=O) groups excluding carboxylic acids is 2. The summed E-state index contributed by atoms with van der Waals surface area (Å²) in [4.78, 5) is 36.5. The molecule has 1 N–H and O–H groups in total. The molecule has 1 aromatic carbocycles. The summed E-state index contributed by atoms with van der Waals surface area (Å²) in [6, 6.07) is 12.3. The second-order valence-electron chi connectivity index (χ2n) is 6.82.